The van der Waals surface area contributed by atoms with Crippen LogP contribution in [0, 0.1) is 17.8 Å². The van der Waals surface area contributed by atoms with Crippen molar-refractivity contribution in [3.05, 3.63) is 35.9 Å². The molecule has 0 spiro atoms. The topological polar surface area (TPSA) is 69.7 Å². The van der Waals surface area contributed by atoms with Gasteiger partial charge in [-0.2, -0.15) is 0 Å². The highest BCUT2D eigenvalue weighted by atomic mass is 32.2. The van der Waals surface area contributed by atoms with Crippen LogP contribution in [0.1, 0.15) is 18.4 Å². The van der Waals surface area contributed by atoms with Crippen molar-refractivity contribution in [3.63, 3.8) is 0 Å². The van der Waals surface area contributed by atoms with Crippen LogP contribution in [0.4, 0.5) is 0 Å². The fraction of sp³-hybridized carbons (Fsp3) is 0.632. The summed E-state index contributed by atoms with van der Waals surface area (Å²) in [4.78, 5) is 14.9. The first kappa shape index (κ1) is 17.9. The van der Waals surface area contributed by atoms with Crippen molar-refractivity contribution in [2.45, 2.75) is 18.6 Å². The first-order valence-electron chi connectivity index (χ1n) is 9.54. The van der Waals surface area contributed by atoms with Gasteiger partial charge in [-0.25, -0.2) is 12.7 Å². The Bertz CT molecular complexity index is 741. The van der Waals surface area contributed by atoms with Crippen molar-refractivity contribution in [1.82, 2.24) is 14.5 Å². The Morgan fingerprint density at radius 1 is 1.08 bits per heavy atom. The molecular weight excluding hydrogens is 350 g/mol. The standard InChI is InChI=1S/C19H27N3O3S/c23-19(21-11-17-9-20-10-18(17)12-21)16-7-4-8-22(13-16)26(24,25)14-15-5-2-1-3-6-15/h1-3,5-6,16-18,20H,4,7-14H2/t16?,17-,18+. The molecule has 0 aliphatic carbocycles. The van der Waals surface area contributed by atoms with Crippen molar-refractivity contribution in [2.24, 2.45) is 17.8 Å². The number of nitrogens with one attached hydrogen (secondary N) is 1. The van der Waals surface area contributed by atoms with Crippen LogP contribution in [-0.4, -0.2) is 62.8 Å². The van der Waals surface area contributed by atoms with Gasteiger partial charge in [-0.1, -0.05) is 30.3 Å². The Balaban J connectivity index is 1.40. The van der Waals surface area contributed by atoms with E-state index in [9.17, 15) is 13.2 Å². The molecule has 4 rings (SSSR count). The fourth-order valence-corrected chi connectivity index (χ4v) is 6.18. The lowest BCUT2D eigenvalue weighted by Crippen LogP contribution is -2.47. The van der Waals surface area contributed by atoms with E-state index in [0.717, 1.165) is 44.6 Å². The molecule has 142 valence electrons. The van der Waals surface area contributed by atoms with Crippen molar-refractivity contribution in [2.75, 3.05) is 39.3 Å². The van der Waals surface area contributed by atoms with Gasteiger partial charge in [0, 0.05) is 39.3 Å². The summed E-state index contributed by atoms with van der Waals surface area (Å²) in [5.74, 6) is 1.11. The van der Waals surface area contributed by atoms with Gasteiger partial charge >= 0.3 is 0 Å². The Labute approximate surface area is 155 Å². The third-order valence-corrected chi connectivity index (χ3v) is 7.84. The number of carbonyl (C=O) groups excluding carboxylic acids is 1. The molecule has 3 aliphatic rings. The van der Waals surface area contributed by atoms with E-state index >= 15 is 0 Å². The highest BCUT2D eigenvalue weighted by Gasteiger charge is 2.41. The molecule has 3 atom stereocenters. The van der Waals surface area contributed by atoms with E-state index in [1.54, 1.807) is 0 Å². The molecule has 0 bridgehead atoms. The molecule has 1 aromatic carbocycles. The zero-order valence-corrected chi connectivity index (χ0v) is 15.8. The second kappa shape index (κ2) is 7.29. The van der Waals surface area contributed by atoms with Crippen LogP contribution in [-0.2, 0) is 20.6 Å². The number of carbonyl (C=O) groups is 1. The number of benzene rings is 1. The molecule has 0 saturated carbocycles. The van der Waals surface area contributed by atoms with Gasteiger partial charge in [0.25, 0.3) is 0 Å². The lowest BCUT2D eigenvalue weighted by Gasteiger charge is -2.33. The van der Waals surface area contributed by atoms with Gasteiger partial charge in [-0.3, -0.25) is 4.79 Å². The molecule has 1 unspecified atom stereocenters. The summed E-state index contributed by atoms with van der Waals surface area (Å²) in [5, 5.41) is 3.39. The number of hydrogen-bond acceptors (Lipinski definition) is 4. The van der Waals surface area contributed by atoms with E-state index in [1.165, 1.54) is 4.31 Å². The summed E-state index contributed by atoms with van der Waals surface area (Å²) >= 11 is 0. The maximum absolute atomic E-state index is 12.9. The molecule has 0 radical (unpaired) electrons. The number of likely N-dealkylation sites (tertiary alicyclic amines) is 1. The van der Waals surface area contributed by atoms with Crippen LogP contribution in [0.3, 0.4) is 0 Å². The van der Waals surface area contributed by atoms with Gasteiger partial charge in [0.2, 0.25) is 15.9 Å². The molecule has 6 nitrogen and oxygen atoms in total. The molecule has 3 aliphatic heterocycles. The molecule has 3 heterocycles. The number of sulfonamides is 1. The first-order chi connectivity index (χ1) is 12.5. The van der Waals surface area contributed by atoms with Crippen molar-refractivity contribution < 1.29 is 13.2 Å². The molecule has 1 aromatic rings. The van der Waals surface area contributed by atoms with Crippen molar-refractivity contribution in [1.29, 1.82) is 0 Å². The summed E-state index contributed by atoms with van der Waals surface area (Å²) < 4.78 is 27.1. The molecule has 3 fully saturated rings. The van der Waals surface area contributed by atoms with Crippen LogP contribution >= 0.6 is 0 Å². The van der Waals surface area contributed by atoms with Crippen molar-refractivity contribution >= 4 is 15.9 Å². The maximum atomic E-state index is 12.9. The largest absolute Gasteiger partial charge is 0.342 e. The molecule has 1 amide bonds. The number of rotatable bonds is 4. The van der Waals surface area contributed by atoms with Crippen LogP contribution in [0.2, 0.25) is 0 Å². The average Bonchev–Trinajstić information content (AvgIpc) is 3.24. The average molecular weight is 378 g/mol. The van der Waals surface area contributed by atoms with E-state index < -0.39 is 10.0 Å². The van der Waals surface area contributed by atoms with Crippen LogP contribution in [0.5, 0.6) is 0 Å². The Hall–Kier alpha value is -1.44. The molecule has 3 saturated heterocycles. The summed E-state index contributed by atoms with van der Waals surface area (Å²) in [6.07, 6.45) is 1.55. The van der Waals surface area contributed by atoms with Gasteiger partial charge in [-0.05, 0) is 30.2 Å². The lowest BCUT2D eigenvalue weighted by molar-refractivity contribution is -0.135. The molecular formula is C19H27N3O3S. The summed E-state index contributed by atoms with van der Waals surface area (Å²) in [6.45, 7) is 4.49. The maximum Gasteiger partial charge on any atom is 0.227 e. The molecule has 7 heteroatoms. The minimum absolute atomic E-state index is 0.00822. The third-order valence-electron chi connectivity index (χ3n) is 6.02. The molecule has 1 N–H and O–H groups in total. The van der Waals surface area contributed by atoms with Crippen LogP contribution < -0.4 is 5.32 Å². The number of piperidine rings is 1. The van der Waals surface area contributed by atoms with E-state index in [4.69, 9.17) is 0 Å². The molecule has 0 aromatic heterocycles. The minimum Gasteiger partial charge on any atom is -0.342 e. The van der Waals surface area contributed by atoms with Gasteiger partial charge in [0.05, 0.1) is 11.7 Å². The van der Waals surface area contributed by atoms with E-state index in [-0.39, 0.29) is 17.6 Å². The summed E-state index contributed by atoms with van der Waals surface area (Å²) in [7, 11) is -3.39. The zero-order chi connectivity index (χ0) is 18.1. The number of nitrogens with zero attached hydrogens (tertiary/aromatic N) is 2. The Morgan fingerprint density at radius 2 is 1.77 bits per heavy atom. The van der Waals surface area contributed by atoms with E-state index in [2.05, 4.69) is 5.32 Å². The second-order valence-electron chi connectivity index (χ2n) is 7.86. The normalized spacial score (nSPS) is 29.7. The number of amides is 1. The zero-order valence-electron chi connectivity index (χ0n) is 15.0. The number of hydrogen-bond donors (Lipinski definition) is 1. The van der Waals surface area contributed by atoms with Gasteiger partial charge in [0.15, 0.2) is 0 Å². The van der Waals surface area contributed by atoms with Gasteiger partial charge in [0.1, 0.15) is 0 Å². The number of fused-ring (bicyclic) bond motifs is 1. The van der Waals surface area contributed by atoms with E-state index in [1.807, 2.05) is 35.2 Å². The quantitative estimate of drug-likeness (QED) is 0.847. The van der Waals surface area contributed by atoms with Crippen LogP contribution in [0.15, 0.2) is 30.3 Å². The molecule has 26 heavy (non-hydrogen) atoms. The third kappa shape index (κ3) is 3.66. The van der Waals surface area contributed by atoms with Crippen LogP contribution in [0.25, 0.3) is 0 Å². The highest BCUT2D eigenvalue weighted by Crippen LogP contribution is 2.30. The predicted molar refractivity (Wildman–Crippen MR) is 99.8 cm³/mol. The fourth-order valence-electron chi connectivity index (χ4n) is 4.57. The summed E-state index contributed by atoms with van der Waals surface area (Å²) in [5.41, 5.74) is 0.792. The lowest BCUT2D eigenvalue weighted by atomic mass is 9.98. The Morgan fingerprint density at radius 3 is 2.46 bits per heavy atom. The van der Waals surface area contributed by atoms with Crippen molar-refractivity contribution in [3.8, 4) is 0 Å². The van der Waals surface area contributed by atoms with Gasteiger partial charge in [-0.15, -0.1) is 0 Å². The monoisotopic (exact) mass is 377 g/mol. The smallest absolute Gasteiger partial charge is 0.227 e. The summed E-state index contributed by atoms with van der Waals surface area (Å²) in [6, 6.07) is 9.26. The minimum atomic E-state index is -3.39. The SMILES string of the molecule is O=C(C1CCCN(S(=O)(=O)Cc2ccccc2)C1)N1C[C@H]2CNC[C@H]2C1. The first-order valence-corrected chi connectivity index (χ1v) is 11.1. The Kier molecular flexibility index (Phi) is 5.03. The highest BCUT2D eigenvalue weighted by molar-refractivity contribution is 7.88. The van der Waals surface area contributed by atoms with E-state index in [0.29, 0.717) is 24.9 Å². The van der Waals surface area contributed by atoms with Gasteiger partial charge < -0.3 is 10.2 Å². The predicted octanol–water partition coefficient (Wildman–Crippen LogP) is 0.906. The second-order valence-corrected chi connectivity index (χ2v) is 9.83.